The predicted molar refractivity (Wildman–Crippen MR) is 277 cm³/mol. The first-order chi connectivity index (χ1) is 32.7. The smallest absolute Gasteiger partial charge is 0.151 e. The van der Waals surface area contributed by atoms with Crippen molar-refractivity contribution in [2.45, 2.75) is 19.3 Å². The Morgan fingerprint density at radius 2 is 1.00 bits per heavy atom. The molecule has 1 aliphatic carbocycles. The van der Waals surface area contributed by atoms with Gasteiger partial charge in [-0.1, -0.05) is 152 Å². The van der Waals surface area contributed by atoms with Gasteiger partial charge in [0.1, 0.15) is 5.76 Å². The van der Waals surface area contributed by atoms with Gasteiger partial charge < -0.3 is 14.5 Å². The molecule has 0 unspecified atom stereocenters. The Bertz CT molecular complexity index is 3870. The van der Waals surface area contributed by atoms with Gasteiger partial charge in [-0.3, -0.25) is 0 Å². The molecule has 0 atom stereocenters. The lowest BCUT2D eigenvalue weighted by Gasteiger charge is -2.35. The first-order valence-corrected chi connectivity index (χ1v) is 23.1. The minimum Gasteiger partial charge on any atom is -0.457 e. The molecule has 0 bridgehead atoms. The van der Waals surface area contributed by atoms with Crippen LogP contribution in [0.5, 0.6) is 5.75 Å². The number of hydrogen-bond donors (Lipinski definition) is 0. The zero-order valence-electron chi connectivity index (χ0n) is 36.2. The van der Waals surface area contributed by atoms with E-state index >= 15 is 0 Å². The Morgan fingerprint density at radius 1 is 0.394 bits per heavy atom. The molecule has 0 aromatic heterocycles. The van der Waals surface area contributed by atoms with Crippen molar-refractivity contribution < 1.29 is 4.74 Å². The maximum atomic E-state index is 6.61. The minimum absolute atomic E-state index is 0.865. The van der Waals surface area contributed by atoms with Crippen LogP contribution in [-0.4, -0.2) is 0 Å². The SMILES string of the molecule is C1=CC2=C(CC1)Oc1ccccc1N2c1ccc2c(-c3ccc4ccccc4c3)c3cc(N4c5ccccc5Cc5ccccc54)ccc3c(-c3cc4ccccc4c4ccccc34)c2c1. The third-order valence-corrected chi connectivity index (χ3v) is 14.2. The van der Waals surface area contributed by atoms with Gasteiger partial charge in [0.2, 0.25) is 0 Å². The summed E-state index contributed by atoms with van der Waals surface area (Å²) in [7, 11) is 0. The molecule has 310 valence electrons. The lowest BCUT2D eigenvalue weighted by Crippen LogP contribution is -2.24. The summed E-state index contributed by atoms with van der Waals surface area (Å²) in [5, 5.41) is 12.3. The topological polar surface area (TPSA) is 15.7 Å². The largest absolute Gasteiger partial charge is 0.457 e. The molecular formula is C63H42N2O. The Morgan fingerprint density at radius 3 is 1.79 bits per heavy atom. The van der Waals surface area contributed by atoms with Gasteiger partial charge in [-0.25, -0.2) is 0 Å². The normalized spacial score (nSPS) is 14.1. The van der Waals surface area contributed by atoms with Crippen LogP contribution in [-0.2, 0) is 6.42 Å². The van der Waals surface area contributed by atoms with E-state index in [1.54, 1.807) is 0 Å². The van der Waals surface area contributed by atoms with E-state index in [0.29, 0.717) is 0 Å². The summed E-state index contributed by atoms with van der Waals surface area (Å²) in [6, 6.07) is 76.7. The molecule has 0 saturated heterocycles. The van der Waals surface area contributed by atoms with Crippen molar-refractivity contribution in [2.24, 2.45) is 0 Å². The number of fused-ring (bicyclic) bond motifs is 9. The van der Waals surface area contributed by atoms with Crippen LogP contribution in [0.3, 0.4) is 0 Å². The average Bonchev–Trinajstić information content (AvgIpc) is 3.38. The standard InChI is InChI=1S/C63H42N2O/c1-2-16-41-35-45(30-29-40(41)15-1)62-51-33-31-47(65-58-25-11-13-27-60(58)66-61-28-14-12-26-59(61)65)39-55(51)63(53-37-42-17-3-6-20-48(42)49-21-7-8-22-50(49)53)52-34-32-46(38-54(52)62)64-56-23-9-4-18-43(56)36-44-19-5-10-24-57(44)64/h1-13,15-27,29-35,37-39H,14,28,36H2. The summed E-state index contributed by atoms with van der Waals surface area (Å²) in [6.07, 6.45) is 7.26. The van der Waals surface area contributed by atoms with E-state index in [4.69, 9.17) is 4.74 Å². The molecule has 0 N–H and O–H groups in total. The molecule has 11 aromatic rings. The lowest BCUT2D eigenvalue weighted by molar-refractivity contribution is 0.388. The average molecular weight is 843 g/mol. The summed E-state index contributed by atoms with van der Waals surface area (Å²) in [4.78, 5) is 4.90. The fourth-order valence-corrected chi connectivity index (χ4v) is 11.3. The summed E-state index contributed by atoms with van der Waals surface area (Å²) in [5.41, 5.74) is 14.4. The van der Waals surface area contributed by atoms with Crippen LogP contribution >= 0.6 is 0 Å². The highest BCUT2D eigenvalue weighted by Crippen LogP contribution is 2.52. The molecule has 0 spiro atoms. The van der Waals surface area contributed by atoms with E-state index in [0.717, 1.165) is 53.5 Å². The number of benzene rings is 11. The number of nitrogens with zero attached hydrogens (tertiary/aromatic N) is 2. The van der Waals surface area contributed by atoms with E-state index in [1.165, 1.54) is 98.6 Å². The van der Waals surface area contributed by atoms with Crippen molar-refractivity contribution in [3.05, 3.63) is 241 Å². The molecule has 3 aliphatic rings. The molecule has 2 aliphatic heterocycles. The molecule has 3 nitrogen and oxygen atoms in total. The van der Waals surface area contributed by atoms with Crippen molar-refractivity contribution in [1.82, 2.24) is 0 Å². The first kappa shape index (κ1) is 37.0. The summed E-state index contributed by atoms with van der Waals surface area (Å²) >= 11 is 0. The minimum atomic E-state index is 0.865. The van der Waals surface area contributed by atoms with E-state index in [-0.39, 0.29) is 0 Å². The van der Waals surface area contributed by atoms with Crippen LogP contribution in [0.15, 0.2) is 230 Å². The van der Waals surface area contributed by atoms with Crippen molar-refractivity contribution in [2.75, 3.05) is 9.80 Å². The van der Waals surface area contributed by atoms with Gasteiger partial charge in [0, 0.05) is 35.6 Å². The fraction of sp³-hybridized carbons (Fsp3) is 0.0476. The van der Waals surface area contributed by atoms with Crippen LogP contribution in [0.25, 0.3) is 76.1 Å². The summed E-state index contributed by atoms with van der Waals surface area (Å²) < 4.78 is 6.61. The van der Waals surface area contributed by atoms with E-state index in [2.05, 4.69) is 228 Å². The van der Waals surface area contributed by atoms with E-state index < -0.39 is 0 Å². The Balaban J connectivity index is 1.14. The van der Waals surface area contributed by atoms with Gasteiger partial charge in [-0.15, -0.1) is 0 Å². The molecule has 66 heavy (non-hydrogen) atoms. The van der Waals surface area contributed by atoms with Gasteiger partial charge in [0.25, 0.3) is 0 Å². The molecule has 3 heteroatoms. The number of ether oxygens (including phenoxy) is 1. The Hall–Kier alpha value is -8.40. The van der Waals surface area contributed by atoms with Crippen LogP contribution in [0.4, 0.5) is 28.4 Å². The predicted octanol–water partition coefficient (Wildman–Crippen LogP) is 17.3. The zero-order valence-corrected chi connectivity index (χ0v) is 36.2. The molecule has 0 saturated carbocycles. The summed E-state index contributed by atoms with van der Waals surface area (Å²) in [6.45, 7) is 0. The number of para-hydroxylation sites is 4. The first-order valence-electron chi connectivity index (χ1n) is 23.1. The van der Waals surface area contributed by atoms with Crippen molar-refractivity contribution in [1.29, 1.82) is 0 Å². The molecule has 0 fully saturated rings. The molecule has 11 aromatic carbocycles. The van der Waals surface area contributed by atoms with Crippen LogP contribution < -0.4 is 14.5 Å². The van der Waals surface area contributed by atoms with Crippen LogP contribution in [0.2, 0.25) is 0 Å². The number of allylic oxidation sites excluding steroid dienone is 3. The van der Waals surface area contributed by atoms with Gasteiger partial charge >= 0.3 is 0 Å². The third-order valence-electron chi connectivity index (χ3n) is 14.2. The van der Waals surface area contributed by atoms with Crippen LogP contribution in [0.1, 0.15) is 24.0 Å². The number of hydrogen-bond acceptors (Lipinski definition) is 3. The zero-order chi connectivity index (χ0) is 43.3. The molecule has 2 heterocycles. The van der Waals surface area contributed by atoms with Crippen molar-refractivity contribution in [3.8, 4) is 28.0 Å². The number of rotatable bonds is 4. The monoisotopic (exact) mass is 842 g/mol. The summed E-state index contributed by atoms with van der Waals surface area (Å²) in [5.74, 6) is 1.90. The second kappa shape index (κ2) is 14.6. The van der Waals surface area contributed by atoms with Gasteiger partial charge in [-0.2, -0.15) is 0 Å². The Kier molecular flexibility index (Phi) is 8.17. The molecule has 14 rings (SSSR count). The highest BCUT2D eigenvalue weighted by Gasteiger charge is 2.30. The second-order valence-corrected chi connectivity index (χ2v) is 17.9. The van der Waals surface area contributed by atoms with E-state index in [1.807, 2.05) is 0 Å². The molecular weight excluding hydrogens is 801 g/mol. The molecule has 0 amide bonds. The quantitative estimate of drug-likeness (QED) is 0.130. The molecule has 0 radical (unpaired) electrons. The lowest BCUT2D eigenvalue weighted by atomic mass is 9.83. The van der Waals surface area contributed by atoms with E-state index in [9.17, 15) is 0 Å². The van der Waals surface area contributed by atoms with Gasteiger partial charge in [0.05, 0.1) is 11.4 Å². The third kappa shape index (κ3) is 5.63. The van der Waals surface area contributed by atoms with Crippen LogP contribution in [0, 0.1) is 0 Å². The second-order valence-electron chi connectivity index (χ2n) is 17.9. The van der Waals surface area contributed by atoms with Gasteiger partial charge in [-0.05, 0) is 160 Å². The highest BCUT2D eigenvalue weighted by molar-refractivity contribution is 6.27. The van der Waals surface area contributed by atoms with Crippen molar-refractivity contribution >= 4 is 82.3 Å². The number of anilines is 5. The maximum Gasteiger partial charge on any atom is 0.151 e. The van der Waals surface area contributed by atoms with Crippen molar-refractivity contribution in [3.63, 3.8) is 0 Å². The highest BCUT2D eigenvalue weighted by atomic mass is 16.5. The Labute approximate surface area is 383 Å². The fourth-order valence-electron chi connectivity index (χ4n) is 11.3. The maximum absolute atomic E-state index is 6.61. The van der Waals surface area contributed by atoms with Gasteiger partial charge in [0.15, 0.2) is 5.75 Å².